The van der Waals surface area contributed by atoms with Gasteiger partial charge in [-0.1, -0.05) is 5.16 Å². The third-order valence-corrected chi connectivity index (χ3v) is 2.35. The van der Waals surface area contributed by atoms with Crippen molar-refractivity contribution in [1.82, 2.24) is 5.16 Å². The van der Waals surface area contributed by atoms with Crippen molar-refractivity contribution in [3.05, 3.63) is 28.1 Å². The molecule has 0 aliphatic carbocycles. The molecule has 1 N–H and O–H groups in total. The van der Waals surface area contributed by atoms with Crippen molar-refractivity contribution >= 4 is 21.9 Å². The van der Waals surface area contributed by atoms with Crippen molar-refractivity contribution in [2.45, 2.75) is 6.92 Å². The number of carboxylic acid groups (broad SMARTS) is 1. The van der Waals surface area contributed by atoms with Crippen molar-refractivity contribution in [2.24, 2.45) is 0 Å². The highest BCUT2D eigenvalue weighted by Crippen LogP contribution is 2.28. The Labute approximate surface area is 92.8 Å². The second-order valence-corrected chi connectivity index (χ2v) is 3.68. The SMILES string of the molecule is Cc1c(-c2ccc(Br)o2)noc1C(=O)O. The first-order chi connectivity index (χ1) is 7.09. The van der Waals surface area contributed by atoms with E-state index in [2.05, 4.69) is 21.1 Å². The largest absolute Gasteiger partial charge is 0.475 e. The van der Waals surface area contributed by atoms with E-state index in [9.17, 15) is 4.79 Å². The molecule has 78 valence electrons. The molecular formula is C9H6BrNO4. The summed E-state index contributed by atoms with van der Waals surface area (Å²) in [6, 6.07) is 3.38. The lowest BCUT2D eigenvalue weighted by atomic mass is 10.2. The average Bonchev–Trinajstić information content (AvgIpc) is 2.71. The first kappa shape index (κ1) is 9.97. The minimum atomic E-state index is -1.14. The Morgan fingerprint density at radius 3 is 2.73 bits per heavy atom. The molecular weight excluding hydrogens is 266 g/mol. The molecule has 5 nitrogen and oxygen atoms in total. The van der Waals surface area contributed by atoms with E-state index in [1.807, 2.05) is 0 Å². The molecule has 0 saturated heterocycles. The molecule has 0 aromatic carbocycles. The predicted molar refractivity (Wildman–Crippen MR) is 53.6 cm³/mol. The number of hydrogen-bond acceptors (Lipinski definition) is 4. The van der Waals surface area contributed by atoms with Gasteiger partial charge in [-0.3, -0.25) is 0 Å². The summed E-state index contributed by atoms with van der Waals surface area (Å²) in [7, 11) is 0. The Hall–Kier alpha value is -1.56. The lowest BCUT2D eigenvalue weighted by Crippen LogP contribution is -1.95. The Kier molecular flexibility index (Phi) is 2.36. The number of aromatic nitrogens is 1. The first-order valence-electron chi connectivity index (χ1n) is 4.05. The molecule has 2 rings (SSSR count). The van der Waals surface area contributed by atoms with E-state index in [4.69, 9.17) is 14.0 Å². The number of halogens is 1. The summed E-state index contributed by atoms with van der Waals surface area (Å²) in [4.78, 5) is 10.7. The van der Waals surface area contributed by atoms with Gasteiger partial charge in [-0.15, -0.1) is 0 Å². The molecule has 0 aliphatic rings. The van der Waals surface area contributed by atoms with Gasteiger partial charge in [-0.2, -0.15) is 0 Å². The van der Waals surface area contributed by atoms with Gasteiger partial charge in [0.2, 0.25) is 5.76 Å². The fourth-order valence-corrected chi connectivity index (χ4v) is 1.51. The van der Waals surface area contributed by atoms with Crippen LogP contribution in [0.15, 0.2) is 25.7 Å². The standard InChI is InChI=1S/C9H6BrNO4/c1-4-7(5-2-3-6(10)14-5)11-15-8(4)9(12)13/h2-3H,1H3,(H,12,13). The number of carboxylic acids is 1. The lowest BCUT2D eigenvalue weighted by molar-refractivity contribution is 0.0651. The lowest BCUT2D eigenvalue weighted by Gasteiger charge is -1.90. The monoisotopic (exact) mass is 271 g/mol. The van der Waals surface area contributed by atoms with Gasteiger partial charge in [0.15, 0.2) is 16.1 Å². The van der Waals surface area contributed by atoms with Crippen LogP contribution < -0.4 is 0 Å². The minimum absolute atomic E-state index is 0.169. The van der Waals surface area contributed by atoms with Gasteiger partial charge in [0.25, 0.3) is 0 Å². The molecule has 0 fully saturated rings. The van der Waals surface area contributed by atoms with Crippen molar-refractivity contribution in [1.29, 1.82) is 0 Å². The zero-order chi connectivity index (χ0) is 11.0. The van der Waals surface area contributed by atoms with Crippen LogP contribution in [0.2, 0.25) is 0 Å². The molecule has 0 radical (unpaired) electrons. The van der Waals surface area contributed by atoms with E-state index < -0.39 is 5.97 Å². The van der Waals surface area contributed by atoms with Crippen LogP contribution in [0, 0.1) is 6.92 Å². The Morgan fingerprint density at radius 2 is 2.27 bits per heavy atom. The van der Waals surface area contributed by atoms with E-state index in [1.165, 1.54) is 0 Å². The molecule has 0 atom stereocenters. The molecule has 15 heavy (non-hydrogen) atoms. The fourth-order valence-electron chi connectivity index (χ4n) is 1.21. The van der Waals surface area contributed by atoms with E-state index in [-0.39, 0.29) is 5.76 Å². The van der Waals surface area contributed by atoms with Gasteiger partial charge in [0, 0.05) is 5.56 Å². The van der Waals surface area contributed by atoms with E-state index >= 15 is 0 Å². The Balaban J connectivity index is 2.50. The average molecular weight is 272 g/mol. The van der Waals surface area contributed by atoms with Gasteiger partial charge in [-0.25, -0.2) is 4.79 Å². The van der Waals surface area contributed by atoms with Crippen molar-refractivity contribution in [3.8, 4) is 11.5 Å². The molecule has 0 saturated carbocycles. The van der Waals surface area contributed by atoms with Gasteiger partial charge in [0.1, 0.15) is 0 Å². The fraction of sp³-hybridized carbons (Fsp3) is 0.111. The molecule has 0 bridgehead atoms. The summed E-state index contributed by atoms with van der Waals surface area (Å²) in [5.74, 6) is -0.843. The predicted octanol–water partition coefficient (Wildman–Crippen LogP) is 2.70. The summed E-state index contributed by atoms with van der Waals surface area (Å²) in [5, 5.41) is 12.4. The molecule has 0 unspecified atom stereocenters. The Bertz CT molecular complexity index is 514. The summed E-state index contributed by atoms with van der Waals surface area (Å²) in [6.07, 6.45) is 0. The molecule has 0 aliphatic heterocycles. The molecule has 6 heteroatoms. The zero-order valence-corrected chi connectivity index (χ0v) is 9.24. The van der Waals surface area contributed by atoms with Gasteiger partial charge >= 0.3 is 5.97 Å². The van der Waals surface area contributed by atoms with Crippen LogP contribution in [0.25, 0.3) is 11.5 Å². The van der Waals surface area contributed by atoms with E-state index in [0.29, 0.717) is 21.7 Å². The minimum Gasteiger partial charge on any atom is -0.475 e. The molecule has 0 amide bonds. The van der Waals surface area contributed by atoms with E-state index in [1.54, 1.807) is 19.1 Å². The third kappa shape index (κ3) is 1.68. The second-order valence-electron chi connectivity index (χ2n) is 2.89. The molecule has 0 spiro atoms. The third-order valence-electron chi connectivity index (χ3n) is 1.92. The van der Waals surface area contributed by atoms with Gasteiger partial charge < -0.3 is 14.0 Å². The number of rotatable bonds is 2. The van der Waals surface area contributed by atoms with Gasteiger partial charge in [-0.05, 0) is 35.0 Å². The van der Waals surface area contributed by atoms with Crippen LogP contribution in [0.3, 0.4) is 0 Å². The van der Waals surface area contributed by atoms with Crippen LogP contribution in [0.5, 0.6) is 0 Å². The van der Waals surface area contributed by atoms with Crippen LogP contribution >= 0.6 is 15.9 Å². The maximum Gasteiger partial charge on any atom is 0.375 e. The zero-order valence-electron chi connectivity index (χ0n) is 7.65. The highest BCUT2D eigenvalue weighted by molar-refractivity contribution is 9.10. The van der Waals surface area contributed by atoms with Crippen LogP contribution in [-0.4, -0.2) is 16.2 Å². The maximum atomic E-state index is 10.7. The summed E-state index contributed by atoms with van der Waals surface area (Å²) >= 11 is 3.15. The first-order valence-corrected chi connectivity index (χ1v) is 4.84. The van der Waals surface area contributed by atoms with Crippen LogP contribution in [-0.2, 0) is 0 Å². The van der Waals surface area contributed by atoms with Crippen LogP contribution in [0.4, 0.5) is 0 Å². The quantitative estimate of drug-likeness (QED) is 0.909. The topological polar surface area (TPSA) is 76.5 Å². The maximum absolute atomic E-state index is 10.7. The smallest absolute Gasteiger partial charge is 0.375 e. The molecule has 2 heterocycles. The highest BCUT2D eigenvalue weighted by Gasteiger charge is 2.20. The van der Waals surface area contributed by atoms with Crippen molar-refractivity contribution in [3.63, 3.8) is 0 Å². The second kappa shape index (κ2) is 3.54. The number of nitrogens with zero attached hydrogens (tertiary/aromatic N) is 1. The van der Waals surface area contributed by atoms with Gasteiger partial charge in [0.05, 0.1) is 0 Å². The summed E-state index contributed by atoms with van der Waals surface area (Å²) < 4.78 is 10.5. The number of hydrogen-bond donors (Lipinski definition) is 1. The highest BCUT2D eigenvalue weighted by atomic mass is 79.9. The van der Waals surface area contributed by atoms with E-state index in [0.717, 1.165) is 0 Å². The Morgan fingerprint density at radius 1 is 1.53 bits per heavy atom. The van der Waals surface area contributed by atoms with Crippen LogP contribution in [0.1, 0.15) is 16.1 Å². The number of aromatic carboxylic acids is 1. The van der Waals surface area contributed by atoms with Crippen molar-refractivity contribution < 1.29 is 18.8 Å². The molecule has 2 aromatic rings. The molecule has 2 aromatic heterocycles. The summed E-state index contributed by atoms with van der Waals surface area (Å²) in [6.45, 7) is 1.62. The number of furan rings is 1. The van der Waals surface area contributed by atoms with Crippen molar-refractivity contribution in [2.75, 3.05) is 0 Å². The normalized spacial score (nSPS) is 10.5. The summed E-state index contributed by atoms with van der Waals surface area (Å²) in [5.41, 5.74) is 0.849. The number of carbonyl (C=O) groups is 1.